The molecule has 2 heterocycles. The van der Waals surface area contributed by atoms with Crippen molar-refractivity contribution >= 4 is 11.6 Å². The third-order valence-corrected chi connectivity index (χ3v) is 3.98. The molecule has 0 radical (unpaired) electrons. The molecule has 0 spiro atoms. The second-order valence-corrected chi connectivity index (χ2v) is 5.46. The summed E-state index contributed by atoms with van der Waals surface area (Å²) in [6.07, 6.45) is 6.34. The first-order valence-corrected chi connectivity index (χ1v) is 6.99. The number of nitrogens with two attached hydrogens (primary N) is 1. The van der Waals surface area contributed by atoms with Crippen LogP contribution in [0.5, 0.6) is 0 Å². The lowest BCUT2D eigenvalue weighted by atomic mass is 10.0. The molecule has 1 aliphatic heterocycles. The SMILES string of the molecule is Nc1cccnc1C(=O)NC1CCN(C2CC2)CC1. The summed E-state index contributed by atoms with van der Waals surface area (Å²) in [5.41, 5.74) is 6.55. The van der Waals surface area contributed by atoms with E-state index in [-0.39, 0.29) is 11.9 Å². The van der Waals surface area contributed by atoms with Crippen LogP contribution in [-0.2, 0) is 0 Å². The van der Waals surface area contributed by atoms with Crippen LogP contribution in [0.1, 0.15) is 36.2 Å². The minimum atomic E-state index is -0.150. The van der Waals surface area contributed by atoms with Crippen LogP contribution in [0.2, 0.25) is 0 Å². The zero-order valence-corrected chi connectivity index (χ0v) is 11.0. The molecule has 3 rings (SSSR count). The Morgan fingerprint density at radius 2 is 2.05 bits per heavy atom. The lowest BCUT2D eigenvalue weighted by Gasteiger charge is -2.32. The highest BCUT2D eigenvalue weighted by molar-refractivity contribution is 5.97. The van der Waals surface area contributed by atoms with Crippen LogP contribution in [0.3, 0.4) is 0 Å². The van der Waals surface area contributed by atoms with Gasteiger partial charge in [-0.15, -0.1) is 0 Å². The van der Waals surface area contributed by atoms with Crippen LogP contribution in [-0.4, -0.2) is 41.0 Å². The van der Waals surface area contributed by atoms with E-state index in [9.17, 15) is 4.79 Å². The fourth-order valence-electron chi connectivity index (χ4n) is 2.71. The summed E-state index contributed by atoms with van der Waals surface area (Å²) < 4.78 is 0. The van der Waals surface area contributed by atoms with Gasteiger partial charge in [0, 0.05) is 31.4 Å². The fourth-order valence-corrected chi connectivity index (χ4v) is 2.71. The lowest BCUT2D eigenvalue weighted by molar-refractivity contribution is 0.0905. The predicted octanol–water partition coefficient (Wildman–Crippen LogP) is 1.02. The number of likely N-dealkylation sites (tertiary alicyclic amines) is 1. The van der Waals surface area contributed by atoms with Crippen molar-refractivity contribution < 1.29 is 4.79 Å². The maximum absolute atomic E-state index is 12.1. The van der Waals surface area contributed by atoms with E-state index >= 15 is 0 Å². The summed E-state index contributed by atoms with van der Waals surface area (Å²) in [4.78, 5) is 18.7. The van der Waals surface area contributed by atoms with Crippen LogP contribution in [0, 0.1) is 0 Å². The second-order valence-electron chi connectivity index (χ2n) is 5.46. The number of pyridine rings is 1. The van der Waals surface area contributed by atoms with E-state index in [4.69, 9.17) is 5.73 Å². The Morgan fingerprint density at radius 1 is 1.32 bits per heavy atom. The largest absolute Gasteiger partial charge is 0.397 e. The number of anilines is 1. The first kappa shape index (κ1) is 12.4. The molecule has 19 heavy (non-hydrogen) atoms. The standard InChI is InChI=1S/C14H20N4O/c15-12-2-1-7-16-13(12)14(19)17-10-5-8-18(9-6-10)11-3-4-11/h1-2,7,10-11H,3-6,8-9,15H2,(H,17,19). The summed E-state index contributed by atoms with van der Waals surface area (Å²) in [7, 11) is 0. The Balaban J connectivity index is 1.54. The number of piperidine rings is 1. The normalized spacial score (nSPS) is 21.3. The topological polar surface area (TPSA) is 71.2 Å². The number of hydrogen-bond donors (Lipinski definition) is 2. The molecule has 1 aliphatic carbocycles. The van der Waals surface area contributed by atoms with Gasteiger partial charge >= 0.3 is 0 Å². The highest BCUT2D eigenvalue weighted by Gasteiger charge is 2.32. The van der Waals surface area contributed by atoms with Gasteiger partial charge in [0.25, 0.3) is 5.91 Å². The summed E-state index contributed by atoms with van der Waals surface area (Å²) in [5, 5.41) is 3.05. The van der Waals surface area contributed by atoms with E-state index in [0.717, 1.165) is 32.0 Å². The molecule has 0 aromatic carbocycles. The van der Waals surface area contributed by atoms with Gasteiger partial charge in [-0.1, -0.05) is 0 Å². The molecular formula is C14H20N4O. The number of amides is 1. The van der Waals surface area contributed by atoms with Gasteiger partial charge in [0.15, 0.2) is 5.69 Å². The first-order chi connectivity index (χ1) is 9.24. The molecule has 1 saturated heterocycles. The Hall–Kier alpha value is -1.62. The number of carbonyl (C=O) groups excluding carboxylic acids is 1. The zero-order valence-electron chi connectivity index (χ0n) is 11.0. The zero-order chi connectivity index (χ0) is 13.2. The van der Waals surface area contributed by atoms with Crippen LogP contribution in [0.4, 0.5) is 5.69 Å². The van der Waals surface area contributed by atoms with Crippen molar-refractivity contribution in [1.29, 1.82) is 0 Å². The summed E-state index contributed by atoms with van der Waals surface area (Å²) in [6.45, 7) is 2.18. The molecule has 1 amide bonds. The number of nitrogens with zero attached hydrogens (tertiary/aromatic N) is 2. The van der Waals surface area contributed by atoms with Gasteiger partial charge in [-0.25, -0.2) is 4.98 Å². The van der Waals surface area contributed by atoms with Crippen molar-refractivity contribution in [3.8, 4) is 0 Å². The van der Waals surface area contributed by atoms with Crippen LogP contribution >= 0.6 is 0 Å². The van der Waals surface area contributed by atoms with Crippen molar-refractivity contribution in [3.63, 3.8) is 0 Å². The average molecular weight is 260 g/mol. The molecule has 1 aromatic rings. The van der Waals surface area contributed by atoms with Crippen molar-refractivity contribution in [3.05, 3.63) is 24.0 Å². The van der Waals surface area contributed by atoms with E-state index in [1.54, 1.807) is 18.3 Å². The van der Waals surface area contributed by atoms with Crippen LogP contribution < -0.4 is 11.1 Å². The molecule has 1 aromatic heterocycles. The van der Waals surface area contributed by atoms with Crippen LogP contribution in [0.15, 0.2) is 18.3 Å². The minimum Gasteiger partial charge on any atom is -0.397 e. The highest BCUT2D eigenvalue weighted by atomic mass is 16.2. The van der Waals surface area contributed by atoms with E-state index in [1.165, 1.54) is 12.8 Å². The fraction of sp³-hybridized carbons (Fsp3) is 0.571. The summed E-state index contributed by atoms with van der Waals surface area (Å²) in [6, 6.07) is 4.52. The van der Waals surface area contributed by atoms with Crippen molar-refractivity contribution in [1.82, 2.24) is 15.2 Å². The lowest BCUT2D eigenvalue weighted by Crippen LogP contribution is -2.45. The quantitative estimate of drug-likeness (QED) is 0.851. The molecule has 0 unspecified atom stereocenters. The molecule has 5 nitrogen and oxygen atoms in total. The van der Waals surface area contributed by atoms with Gasteiger partial charge < -0.3 is 16.0 Å². The maximum Gasteiger partial charge on any atom is 0.272 e. The number of rotatable bonds is 3. The molecule has 102 valence electrons. The van der Waals surface area contributed by atoms with Gasteiger partial charge in [0.2, 0.25) is 0 Å². The maximum atomic E-state index is 12.1. The van der Waals surface area contributed by atoms with E-state index < -0.39 is 0 Å². The molecule has 2 aliphatic rings. The van der Waals surface area contributed by atoms with Gasteiger partial charge in [-0.05, 0) is 37.8 Å². The Morgan fingerprint density at radius 3 is 2.68 bits per heavy atom. The summed E-state index contributed by atoms with van der Waals surface area (Å²) >= 11 is 0. The average Bonchev–Trinajstić information content (AvgIpc) is 3.24. The predicted molar refractivity (Wildman–Crippen MR) is 73.7 cm³/mol. The smallest absolute Gasteiger partial charge is 0.272 e. The molecular weight excluding hydrogens is 240 g/mol. The van der Waals surface area contributed by atoms with Crippen molar-refractivity contribution in [2.24, 2.45) is 0 Å². The van der Waals surface area contributed by atoms with E-state index in [2.05, 4.69) is 15.2 Å². The molecule has 5 heteroatoms. The van der Waals surface area contributed by atoms with Crippen LogP contribution in [0.25, 0.3) is 0 Å². The number of nitrogen functional groups attached to an aromatic ring is 1. The van der Waals surface area contributed by atoms with Gasteiger partial charge in [0.05, 0.1) is 5.69 Å². The molecule has 0 atom stereocenters. The third-order valence-electron chi connectivity index (χ3n) is 3.98. The van der Waals surface area contributed by atoms with Gasteiger partial charge in [-0.2, -0.15) is 0 Å². The first-order valence-electron chi connectivity index (χ1n) is 6.99. The summed E-state index contributed by atoms with van der Waals surface area (Å²) in [5.74, 6) is -0.150. The van der Waals surface area contributed by atoms with E-state index in [0.29, 0.717) is 11.4 Å². The Labute approximate surface area is 113 Å². The van der Waals surface area contributed by atoms with E-state index in [1.807, 2.05) is 0 Å². The molecule has 2 fully saturated rings. The molecule has 3 N–H and O–H groups in total. The van der Waals surface area contributed by atoms with Gasteiger partial charge in [0.1, 0.15) is 0 Å². The third kappa shape index (κ3) is 2.87. The molecule has 1 saturated carbocycles. The second kappa shape index (κ2) is 5.17. The number of aromatic nitrogens is 1. The minimum absolute atomic E-state index is 0.150. The molecule has 0 bridgehead atoms. The Bertz CT molecular complexity index is 464. The van der Waals surface area contributed by atoms with Gasteiger partial charge in [-0.3, -0.25) is 4.79 Å². The van der Waals surface area contributed by atoms with Crippen molar-refractivity contribution in [2.45, 2.75) is 37.8 Å². The highest BCUT2D eigenvalue weighted by Crippen LogP contribution is 2.29. The number of hydrogen-bond acceptors (Lipinski definition) is 4. The van der Waals surface area contributed by atoms with Crippen molar-refractivity contribution in [2.75, 3.05) is 18.8 Å². The Kier molecular flexibility index (Phi) is 3.38. The number of nitrogens with one attached hydrogen (secondary N) is 1. The number of carbonyl (C=O) groups is 1. The monoisotopic (exact) mass is 260 g/mol.